The monoisotopic (exact) mass is 377 g/mol. The zero-order valence-corrected chi connectivity index (χ0v) is 16.0. The smallest absolute Gasteiger partial charge is 0.225 e. The topological polar surface area (TPSA) is 52.7 Å². The number of amides is 2. The summed E-state index contributed by atoms with van der Waals surface area (Å²) in [6, 6.07) is 7.18. The Kier molecular flexibility index (Phi) is 6.92. The van der Waals surface area contributed by atoms with Crippen LogP contribution in [0, 0.1) is 5.92 Å². The molecular weight excluding hydrogens is 350 g/mol. The Morgan fingerprint density at radius 1 is 1.12 bits per heavy atom. The zero-order valence-electron chi connectivity index (χ0n) is 15.3. The number of carbonyl (C=O) groups is 2. The fourth-order valence-electron chi connectivity index (χ4n) is 3.86. The first-order valence-electron chi connectivity index (χ1n) is 9.66. The van der Waals surface area contributed by atoms with Gasteiger partial charge in [0.05, 0.1) is 0 Å². The summed E-state index contributed by atoms with van der Waals surface area (Å²) in [7, 11) is 0. The number of carbonyl (C=O) groups excluding carboxylic acids is 2. The van der Waals surface area contributed by atoms with Crippen LogP contribution in [0.3, 0.4) is 0 Å². The molecule has 1 aliphatic heterocycles. The maximum absolute atomic E-state index is 12.4. The molecule has 0 radical (unpaired) electrons. The lowest BCUT2D eigenvalue weighted by atomic mass is 10.0. The molecule has 3 rings (SSSR count). The average Bonchev–Trinajstić information content (AvgIpc) is 3.13. The van der Waals surface area contributed by atoms with Gasteiger partial charge >= 0.3 is 0 Å². The van der Waals surface area contributed by atoms with Gasteiger partial charge in [-0.25, -0.2) is 0 Å². The van der Waals surface area contributed by atoms with E-state index in [-0.39, 0.29) is 5.91 Å². The van der Waals surface area contributed by atoms with E-state index in [1.54, 1.807) is 12.1 Å². The number of nitrogens with zero attached hydrogens (tertiary/aromatic N) is 2. The highest BCUT2D eigenvalue weighted by atomic mass is 35.5. The summed E-state index contributed by atoms with van der Waals surface area (Å²) >= 11 is 5.93. The molecule has 26 heavy (non-hydrogen) atoms. The molecule has 1 aliphatic carbocycles. The van der Waals surface area contributed by atoms with E-state index in [1.807, 2.05) is 17.0 Å². The van der Waals surface area contributed by atoms with Crippen molar-refractivity contribution in [3.63, 3.8) is 0 Å². The molecule has 2 fully saturated rings. The maximum atomic E-state index is 12.4. The van der Waals surface area contributed by atoms with Crippen molar-refractivity contribution < 1.29 is 9.59 Å². The number of benzene rings is 1. The fraction of sp³-hybridized carbons (Fsp3) is 0.600. The first-order valence-corrected chi connectivity index (χ1v) is 10.0. The molecule has 0 bridgehead atoms. The van der Waals surface area contributed by atoms with Crippen LogP contribution in [-0.4, -0.2) is 54.3 Å². The van der Waals surface area contributed by atoms with Crippen molar-refractivity contribution in [2.75, 3.05) is 38.0 Å². The lowest BCUT2D eigenvalue weighted by molar-refractivity contribution is -0.134. The Morgan fingerprint density at radius 3 is 2.54 bits per heavy atom. The number of hydrogen-bond acceptors (Lipinski definition) is 3. The predicted octanol–water partition coefficient (Wildman–Crippen LogP) is 3.39. The van der Waals surface area contributed by atoms with Crippen molar-refractivity contribution in [2.45, 2.75) is 38.5 Å². The molecule has 1 heterocycles. The van der Waals surface area contributed by atoms with Crippen molar-refractivity contribution in [1.82, 2.24) is 9.80 Å². The van der Waals surface area contributed by atoms with Gasteiger partial charge < -0.3 is 10.2 Å². The average molecular weight is 378 g/mol. The predicted molar refractivity (Wildman–Crippen MR) is 104 cm³/mol. The standard InChI is InChI=1S/C20H28ClN3O2/c21-17-6-3-7-18(15-17)22-19(25)8-9-23-10-12-24(13-11-23)20(26)14-16-4-1-2-5-16/h3,6-7,15-16H,1-2,4-5,8-14H2,(H,22,25). The quantitative estimate of drug-likeness (QED) is 0.826. The van der Waals surface area contributed by atoms with Gasteiger partial charge in [-0.05, 0) is 37.0 Å². The van der Waals surface area contributed by atoms with E-state index in [2.05, 4.69) is 10.2 Å². The van der Waals surface area contributed by atoms with E-state index in [4.69, 9.17) is 11.6 Å². The van der Waals surface area contributed by atoms with E-state index in [0.29, 0.717) is 23.3 Å². The van der Waals surface area contributed by atoms with Gasteiger partial charge in [0.25, 0.3) is 0 Å². The van der Waals surface area contributed by atoms with Crippen molar-refractivity contribution in [3.8, 4) is 0 Å². The molecule has 1 aromatic rings. The summed E-state index contributed by atoms with van der Waals surface area (Å²) in [5.74, 6) is 0.915. The first kappa shape index (κ1) is 19.2. The van der Waals surface area contributed by atoms with Crippen LogP contribution < -0.4 is 5.32 Å². The number of rotatable bonds is 6. The minimum atomic E-state index is -0.00740. The SMILES string of the molecule is O=C(CCN1CCN(C(=O)CC2CCCC2)CC1)Nc1cccc(Cl)c1. The highest BCUT2D eigenvalue weighted by Gasteiger charge is 2.25. The molecule has 0 atom stereocenters. The van der Waals surface area contributed by atoms with Crippen LogP contribution in [0.25, 0.3) is 0 Å². The largest absolute Gasteiger partial charge is 0.340 e. The molecule has 5 nitrogen and oxygen atoms in total. The summed E-state index contributed by atoms with van der Waals surface area (Å²) in [6.07, 6.45) is 6.16. The lowest BCUT2D eigenvalue weighted by Gasteiger charge is -2.35. The van der Waals surface area contributed by atoms with Crippen LogP contribution in [0.5, 0.6) is 0 Å². The molecule has 0 unspecified atom stereocenters. The second kappa shape index (κ2) is 9.38. The Morgan fingerprint density at radius 2 is 1.85 bits per heavy atom. The van der Waals surface area contributed by atoms with Gasteiger partial charge in [0, 0.05) is 56.3 Å². The van der Waals surface area contributed by atoms with E-state index in [0.717, 1.165) is 44.8 Å². The maximum Gasteiger partial charge on any atom is 0.225 e. The molecule has 2 aliphatic rings. The minimum absolute atomic E-state index is 0.00740. The van der Waals surface area contributed by atoms with Crippen LogP contribution in [-0.2, 0) is 9.59 Å². The van der Waals surface area contributed by atoms with Crippen molar-refractivity contribution >= 4 is 29.1 Å². The number of anilines is 1. The van der Waals surface area contributed by atoms with Crippen molar-refractivity contribution in [3.05, 3.63) is 29.3 Å². The van der Waals surface area contributed by atoms with E-state index in [9.17, 15) is 9.59 Å². The second-order valence-electron chi connectivity index (χ2n) is 7.39. The van der Waals surface area contributed by atoms with Crippen molar-refractivity contribution in [2.24, 2.45) is 5.92 Å². The molecular formula is C20H28ClN3O2. The molecule has 0 aromatic heterocycles. The van der Waals surface area contributed by atoms with Gasteiger partial charge in [-0.3, -0.25) is 14.5 Å². The third-order valence-electron chi connectivity index (χ3n) is 5.43. The van der Waals surface area contributed by atoms with Crippen LogP contribution in [0.2, 0.25) is 5.02 Å². The summed E-state index contributed by atoms with van der Waals surface area (Å²) < 4.78 is 0. The summed E-state index contributed by atoms with van der Waals surface area (Å²) in [5, 5.41) is 3.49. The summed E-state index contributed by atoms with van der Waals surface area (Å²) in [5.41, 5.74) is 0.727. The fourth-order valence-corrected chi connectivity index (χ4v) is 4.05. The molecule has 1 aromatic carbocycles. The van der Waals surface area contributed by atoms with Crippen LogP contribution in [0.4, 0.5) is 5.69 Å². The number of nitrogens with one attached hydrogen (secondary N) is 1. The molecule has 2 amide bonds. The van der Waals surface area contributed by atoms with Gasteiger partial charge in [-0.15, -0.1) is 0 Å². The molecule has 1 saturated heterocycles. The number of halogens is 1. The molecule has 0 spiro atoms. The van der Waals surface area contributed by atoms with Gasteiger partial charge in [-0.2, -0.15) is 0 Å². The van der Waals surface area contributed by atoms with Crippen molar-refractivity contribution in [1.29, 1.82) is 0 Å². The summed E-state index contributed by atoms with van der Waals surface area (Å²) in [4.78, 5) is 28.7. The highest BCUT2D eigenvalue weighted by Crippen LogP contribution is 2.28. The van der Waals surface area contributed by atoms with Gasteiger partial charge in [-0.1, -0.05) is 30.5 Å². The van der Waals surface area contributed by atoms with Gasteiger partial charge in [0.2, 0.25) is 11.8 Å². The highest BCUT2D eigenvalue weighted by molar-refractivity contribution is 6.30. The zero-order chi connectivity index (χ0) is 18.4. The van der Waals surface area contributed by atoms with Crippen LogP contribution in [0.1, 0.15) is 38.5 Å². The first-order chi connectivity index (χ1) is 12.6. The molecule has 142 valence electrons. The summed E-state index contributed by atoms with van der Waals surface area (Å²) in [6.45, 7) is 3.97. The Balaban J connectivity index is 1.34. The van der Waals surface area contributed by atoms with E-state index < -0.39 is 0 Å². The normalized spacial score (nSPS) is 18.9. The Labute approximate surface area is 160 Å². The lowest BCUT2D eigenvalue weighted by Crippen LogP contribution is -2.49. The third kappa shape index (κ3) is 5.71. The number of piperazine rings is 1. The molecule has 1 N–H and O–H groups in total. The van der Waals surface area contributed by atoms with Gasteiger partial charge in [0.15, 0.2) is 0 Å². The van der Waals surface area contributed by atoms with E-state index >= 15 is 0 Å². The number of hydrogen-bond donors (Lipinski definition) is 1. The second-order valence-corrected chi connectivity index (χ2v) is 7.82. The van der Waals surface area contributed by atoms with Crippen LogP contribution in [0.15, 0.2) is 24.3 Å². The minimum Gasteiger partial charge on any atom is -0.340 e. The van der Waals surface area contributed by atoms with Crippen LogP contribution >= 0.6 is 11.6 Å². The molecule has 6 heteroatoms. The Hall–Kier alpha value is -1.59. The molecule has 1 saturated carbocycles. The third-order valence-corrected chi connectivity index (χ3v) is 5.66. The Bertz CT molecular complexity index is 623. The van der Waals surface area contributed by atoms with E-state index in [1.165, 1.54) is 25.7 Å². The van der Waals surface area contributed by atoms with Gasteiger partial charge in [0.1, 0.15) is 0 Å².